The number of piperazine rings is 1. The maximum absolute atomic E-state index is 13.0. The highest BCUT2D eigenvalue weighted by atomic mass is 16.5. The molecule has 5 heteroatoms. The molecular weight excluding hydrogens is 314 g/mol. The Morgan fingerprint density at radius 3 is 2.84 bits per heavy atom. The van der Waals surface area contributed by atoms with E-state index in [1.807, 2.05) is 54.4 Å². The highest BCUT2D eigenvalue weighted by molar-refractivity contribution is 5.94. The number of ether oxygens (including phenoxy) is 1. The van der Waals surface area contributed by atoms with Crippen molar-refractivity contribution in [2.45, 2.75) is 32.4 Å². The van der Waals surface area contributed by atoms with Crippen molar-refractivity contribution < 1.29 is 9.53 Å². The minimum absolute atomic E-state index is 0.00555. The molecule has 1 amide bonds. The van der Waals surface area contributed by atoms with Crippen LogP contribution in [0.4, 0.5) is 0 Å². The van der Waals surface area contributed by atoms with Crippen LogP contribution in [0.3, 0.4) is 0 Å². The van der Waals surface area contributed by atoms with Crippen molar-refractivity contribution in [1.29, 1.82) is 0 Å². The second-order valence-electron chi connectivity index (χ2n) is 6.37. The Balaban J connectivity index is 1.76. The first-order valence-electron chi connectivity index (χ1n) is 8.87. The normalized spacial score (nSPS) is 18.6. The fourth-order valence-corrected chi connectivity index (χ4v) is 2.98. The van der Waals surface area contributed by atoms with Gasteiger partial charge in [-0.3, -0.25) is 9.78 Å². The molecule has 1 N–H and O–H groups in total. The topological polar surface area (TPSA) is 54.5 Å². The molecule has 1 aliphatic rings. The first-order valence-corrected chi connectivity index (χ1v) is 8.87. The molecule has 1 fully saturated rings. The number of rotatable bonds is 5. The van der Waals surface area contributed by atoms with Crippen LogP contribution >= 0.6 is 0 Å². The Bertz CT molecular complexity index is 688. The highest BCUT2D eigenvalue weighted by Gasteiger charge is 2.28. The molecule has 1 saturated heterocycles. The monoisotopic (exact) mass is 339 g/mol. The van der Waals surface area contributed by atoms with E-state index in [0.29, 0.717) is 12.1 Å². The number of carbonyl (C=O) groups is 1. The van der Waals surface area contributed by atoms with E-state index in [9.17, 15) is 4.79 Å². The summed E-state index contributed by atoms with van der Waals surface area (Å²) < 4.78 is 5.79. The second kappa shape index (κ2) is 8.12. The lowest BCUT2D eigenvalue weighted by atomic mass is 10.0. The first-order chi connectivity index (χ1) is 12.2. The lowest BCUT2D eigenvalue weighted by molar-refractivity contribution is 0.0634. The molecule has 5 nitrogen and oxygen atoms in total. The van der Waals surface area contributed by atoms with Crippen molar-refractivity contribution in [3.05, 3.63) is 59.9 Å². The third-order valence-corrected chi connectivity index (χ3v) is 4.59. The van der Waals surface area contributed by atoms with Gasteiger partial charge in [0.25, 0.3) is 5.91 Å². The summed E-state index contributed by atoms with van der Waals surface area (Å²) in [6.45, 7) is 6.36. The molecule has 2 atom stereocenters. The van der Waals surface area contributed by atoms with E-state index in [4.69, 9.17) is 4.74 Å². The summed E-state index contributed by atoms with van der Waals surface area (Å²) in [5.41, 5.74) is 1.74. The molecule has 25 heavy (non-hydrogen) atoms. The number of carbonyl (C=O) groups excluding carboxylic acids is 1. The Hall–Kier alpha value is -2.40. The molecule has 2 aromatic rings. The minimum Gasteiger partial charge on any atom is -0.491 e. The molecule has 0 bridgehead atoms. The van der Waals surface area contributed by atoms with E-state index in [-0.39, 0.29) is 18.1 Å². The molecule has 0 aliphatic carbocycles. The smallest absolute Gasteiger partial charge is 0.254 e. The zero-order valence-corrected chi connectivity index (χ0v) is 14.8. The van der Waals surface area contributed by atoms with Crippen molar-refractivity contribution in [1.82, 2.24) is 15.2 Å². The van der Waals surface area contributed by atoms with Crippen LogP contribution in [0.2, 0.25) is 0 Å². The van der Waals surface area contributed by atoms with Gasteiger partial charge in [-0.1, -0.05) is 13.0 Å². The average Bonchev–Trinajstić information content (AvgIpc) is 2.68. The van der Waals surface area contributed by atoms with Crippen LogP contribution in [-0.2, 0) is 0 Å². The van der Waals surface area contributed by atoms with Crippen molar-refractivity contribution in [3.63, 3.8) is 0 Å². The van der Waals surface area contributed by atoms with Crippen LogP contribution in [0.25, 0.3) is 0 Å². The van der Waals surface area contributed by atoms with Gasteiger partial charge < -0.3 is 15.0 Å². The van der Waals surface area contributed by atoms with Crippen LogP contribution in [0, 0.1) is 0 Å². The van der Waals surface area contributed by atoms with Gasteiger partial charge in [0.05, 0.1) is 12.1 Å². The summed E-state index contributed by atoms with van der Waals surface area (Å²) in [5.74, 6) is 0.848. The Morgan fingerprint density at radius 1 is 1.36 bits per heavy atom. The largest absolute Gasteiger partial charge is 0.491 e. The van der Waals surface area contributed by atoms with E-state index in [1.54, 1.807) is 6.20 Å². The maximum atomic E-state index is 13.0. The Labute approximate surface area is 149 Å². The molecule has 1 aromatic carbocycles. The standard InChI is InChI=1S/C20H25N3O2/c1-3-15(2)25-18-8-6-16(7-9-18)20(24)23-12-11-22-14-19(23)17-5-4-10-21-13-17/h4-10,13,15,19,22H,3,11-12,14H2,1-2H3. The molecule has 1 aromatic heterocycles. The lowest BCUT2D eigenvalue weighted by Gasteiger charge is -2.36. The third kappa shape index (κ3) is 4.17. The molecule has 0 spiro atoms. The summed E-state index contributed by atoms with van der Waals surface area (Å²) in [4.78, 5) is 19.1. The summed E-state index contributed by atoms with van der Waals surface area (Å²) in [5, 5.41) is 3.37. The van der Waals surface area contributed by atoms with Crippen LogP contribution < -0.4 is 10.1 Å². The molecule has 0 radical (unpaired) electrons. The fourth-order valence-electron chi connectivity index (χ4n) is 2.98. The van der Waals surface area contributed by atoms with Gasteiger partial charge in [-0.25, -0.2) is 0 Å². The molecule has 132 valence electrons. The average molecular weight is 339 g/mol. The van der Waals surface area contributed by atoms with E-state index in [1.165, 1.54) is 0 Å². The van der Waals surface area contributed by atoms with Crippen LogP contribution in [0.5, 0.6) is 5.75 Å². The predicted molar refractivity (Wildman–Crippen MR) is 97.7 cm³/mol. The van der Waals surface area contributed by atoms with Crippen molar-refractivity contribution in [2.75, 3.05) is 19.6 Å². The van der Waals surface area contributed by atoms with Gasteiger partial charge in [-0.15, -0.1) is 0 Å². The first kappa shape index (κ1) is 17.4. The summed E-state index contributed by atoms with van der Waals surface area (Å²) in [6, 6.07) is 11.4. The highest BCUT2D eigenvalue weighted by Crippen LogP contribution is 2.24. The summed E-state index contributed by atoms with van der Waals surface area (Å²) >= 11 is 0. The number of nitrogens with one attached hydrogen (secondary N) is 1. The van der Waals surface area contributed by atoms with Gasteiger partial charge in [0.1, 0.15) is 5.75 Å². The lowest BCUT2D eigenvalue weighted by Crippen LogP contribution is -2.48. The minimum atomic E-state index is 0.00555. The fraction of sp³-hybridized carbons (Fsp3) is 0.400. The van der Waals surface area contributed by atoms with Gasteiger partial charge in [-0.05, 0) is 49.2 Å². The van der Waals surface area contributed by atoms with Gasteiger partial charge >= 0.3 is 0 Å². The van der Waals surface area contributed by atoms with Crippen LogP contribution in [0.15, 0.2) is 48.8 Å². The third-order valence-electron chi connectivity index (χ3n) is 4.59. The molecule has 1 aliphatic heterocycles. The Morgan fingerprint density at radius 2 is 2.16 bits per heavy atom. The Kier molecular flexibility index (Phi) is 5.66. The molecule has 0 saturated carbocycles. The van der Waals surface area contributed by atoms with Crippen molar-refractivity contribution >= 4 is 5.91 Å². The number of pyridine rings is 1. The van der Waals surface area contributed by atoms with E-state index >= 15 is 0 Å². The zero-order valence-electron chi connectivity index (χ0n) is 14.8. The van der Waals surface area contributed by atoms with Crippen molar-refractivity contribution in [3.8, 4) is 5.75 Å². The number of nitrogens with zero attached hydrogens (tertiary/aromatic N) is 2. The number of hydrogen-bond donors (Lipinski definition) is 1. The summed E-state index contributed by atoms with van der Waals surface area (Å²) in [6.07, 6.45) is 4.71. The van der Waals surface area contributed by atoms with Gasteiger partial charge in [0, 0.05) is 37.6 Å². The zero-order chi connectivity index (χ0) is 17.6. The summed E-state index contributed by atoms with van der Waals surface area (Å²) in [7, 11) is 0. The predicted octanol–water partition coefficient (Wildman–Crippen LogP) is 3.05. The van der Waals surface area contributed by atoms with Gasteiger partial charge in [0.15, 0.2) is 0 Å². The van der Waals surface area contributed by atoms with Crippen LogP contribution in [0.1, 0.15) is 42.2 Å². The second-order valence-corrected chi connectivity index (χ2v) is 6.37. The number of amides is 1. The van der Waals surface area contributed by atoms with Gasteiger partial charge in [-0.2, -0.15) is 0 Å². The molecular formula is C20H25N3O2. The van der Waals surface area contributed by atoms with E-state index in [0.717, 1.165) is 30.8 Å². The number of aromatic nitrogens is 1. The number of hydrogen-bond acceptors (Lipinski definition) is 4. The number of benzene rings is 1. The van der Waals surface area contributed by atoms with Crippen LogP contribution in [-0.4, -0.2) is 41.5 Å². The molecule has 2 heterocycles. The van der Waals surface area contributed by atoms with E-state index in [2.05, 4.69) is 17.2 Å². The maximum Gasteiger partial charge on any atom is 0.254 e. The SMILES string of the molecule is CCC(C)Oc1ccc(C(=O)N2CCNCC2c2cccnc2)cc1. The quantitative estimate of drug-likeness (QED) is 0.910. The van der Waals surface area contributed by atoms with Crippen molar-refractivity contribution in [2.24, 2.45) is 0 Å². The van der Waals surface area contributed by atoms with E-state index < -0.39 is 0 Å². The van der Waals surface area contributed by atoms with Gasteiger partial charge in [0.2, 0.25) is 0 Å². The molecule has 3 rings (SSSR count). The molecule has 2 unspecified atom stereocenters.